The maximum Gasteiger partial charge on any atom is 0.0577 e. The Kier molecular flexibility index (Phi) is 2.93. The molecule has 0 bridgehead atoms. The molecule has 4 aliphatic carbocycles. The van der Waals surface area contributed by atoms with Crippen LogP contribution in [0.15, 0.2) is 22.8 Å². The monoisotopic (exact) mass is 272 g/mol. The van der Waals surface area contributed by atoms with E-state index in [1.54, 1.807) is 11.1 Å². The molecule has 0 radical (unpaired) electrons. The highest BCUT2D eigenvalue weighted by molar-refractivity contribution is 5.30. The highest BCUT2D eigenvalue weighted by Gasteiger charge is 2.51. The number of allylic oxidation sites excluding steroid dienone is 3. The number of fused-ring (bicyclic) bond motifs is 5. The van der Waals surface area contributed by atoms with E-state index in [-0.39, 0.29) is 6.10 Å². The van der Waals surface area contributed by atoms with Gasteiger partial charge >= 0.3 is 0 Å². The molecule has 2 saturated carbocycles. The second kappa shape index (κ2) is 4.47. The largest absolute Gasteiger partial charge is 0.393 e. The van der Waals surface area contributed by atoms with E-state index in [2.05, 4.69) is 19.9 Å². The Bertz CT molecular complexity index is 486. The van der Waals surface area contributed by atoms with E-state index in [9.17, 15) is 5.11 Å². The molecule has 0 spiro atoms. The van der Waals surface area contributed by atoms with Gasteiger partial charge in [-0.2, -0.15) is 0 Å². The summed E-state index contributed by atoms with van der Waals surface area (Å²) in [5, 5.41) is 10.00. The van der Waals surface area contributed by atoms with Crippen LogP contribution in [-0.2, 0) is 0 Å². The van der Waals surface area contributed by atoms with E-state index in [0.717, 1.165) is 30.6 Å². The minimum absolute atomic E-state index is 0.0707. The molecule has 0 aromatic carbocycles. The average Bonchev–Trinajstić information content (AvgIpc) is 2.82. The summed E-state index contributed by atoms with van der Waals surface area (Å²) in [7, 11) is 0. The van der Waals surface area contributed by atoms with E-state index in [0.29, 0.717) is 5.41 Å². The van der Waals surface area contributed by atoms with Gasteiger partial charge in [-0.3, -0.25) is 0 Å². The lowest BCUT2D eigenvalue weighted by Crippen LogP contribution is -2.46. The molecule has 0 aliphatic heterocycles. The maximum absolute atomic E-state index is 10.00. The Hall–Kier alpha value is -0.560. The van der Waals surface area contributed by atoms with Crippen molar-refractivity contribution in [1.29, 1.82) is 0 Å². The van der Waals surface area contributed by atoms with E-state index in [4.69, 9.17) is 0 Å². The molecule has 1 heteroatoms. The fraction of sp³-hybridized carbons (Fsp3) is 0.789. The van der Waals surface area contributed by atoms with Gasteiger partial charge in [-0.25, -0.2) is 0 Å². The lowest BCUT2D eigenvalue weighted by atomic mass is 9.51. The van der Waals surface area contributed by atoms with Crippen LogP contribution in [0.1, 0.15) is 65.2 Å². The summed E-state index contributed by atoms with van der Waals surface area (Å²) >= 11 is 0. The van der Waals surface area contributed by atoms with Crippen LogP contribution in [0.4, 0.5) is 0 Å². The van der Waals surface area contributed by atoms with Crippen LogP contribution in [0, 0.1) is 23.2 Å². The molecule has 1 N–H and O–H groups in total. The zero-order chi connectivity index (χ0) is 13.9. The van der Waals surface area contributed by atoms with E-state index in [1.807, 2.05) is 5.57 Å². The van der Waals surface area contributed by atoms with Crippen molar-refractivity contribution in [3.05, 3.63) is 22.8 Å². The van der Waals surface area contributed by atoms with Crippen molar-refractivity contribution in [1.82, 2.24) is 0 Å². The molecule has 0 amide bonds. The highest BCUT2D eigenvalue weighted by atomic mass is 16.3. The topological polar surface area (TPSA) is 20.2 Å². The molecule has 0 aromatic heterocycles. The molecule has 5 atom stereocenters. The summed E-state index contributed by atoms with van der Waals surface area (Å²) in [5.74, 6) is 2.69. The third-order valence-electron chi connectivity index (χ3n) is 7.23. The first-order valence-electron chi connectivity index (χ1n) is 8.65. The summed E-state index contributed by atoms with van der Waals surface area (Å²) in [5.41, 5.74) is 5.55. The lowest BCUT2D eigenvalue weighted by Gasteiger charge is -2.54. The van der Waals surface area contributed by atoms with Crippen molar-refractivity contribution < 1.29 is 5.11 Å². The molecule has 0 saturated heterocycles. The first-order chi connectivity index (χ1) is 9.59. The summed E-state index contributed by atoms with van der Waals surface area (Å²) in [4.78, 5) is 0. The molecule has 0 aromatic rings. The normalized spacial score (nSPS) is 47.5. The van der Waals surface area contributed by atoms with E-state index >= 15 is 0 Å². The number of rotatable bonds is 0. The SMILES string of the molecule is CC1=C2CC[C@H]3[C@@H](CC=C4C[C@@H](O)CC[C@@]43C)[C@@H]2CC1. The lowest BCUT2D eigenvalue weighted by molar-refractivity contribution is 0.0240. The van der Waals surface area contributed by atoms with Gasteiger partial charge in [0.25, 0.3) is 0 Å². The molecule has 1 nitrogen and oxygen atoms in total. The van der Waals surface area contributed by atoms with Crippen molar-refractivity contribution in [2.75, 3.05) is 0 Å². The minimum atomic E-state index is -0.0707. The summed E-state index contributed by atoms with van der Waals surface area (Å²) in [6, 6.07) is 0. The van der Waals surface area contributed by atoms with Gasteiger partial charge in [0.05, 0.1) is 6.10 Å². The summed E-state index contributed by atoms with van der Waals surface area (Å²) < 4.78 is 0. The third kappa shape index (κ3) is 1.71. The van der Waals surface area contributed by atoms with Gasteiger partial charge in [-0.15, -0.1) is 0 Å². The molecule has 110 valence electrons. The van der Waals surface area contributed by atoms with Crippen LogP contribution in [0.2, 0.25) is 0 Å². The molecule has 0 unspecified atom stereocenters. The first kappa shape index (κ1) is 13.1. The van der Waals surface area contributed by atoms with Gasteiger partial charge in [0, 0.05) is 0 Å². The van der Waals surface area contributed by atoms with Crippen LogP contribution >= 0.6 is 0 Å². The van der Waals surface area contributed by atoms with Crippen molar-refractivity contribution in [3.63, 3.8) is 0 Å². The second-order valence-electron chi connectivity index (χ2n) is 8.04. The Labute approximate surface area is 123 Å². The Morgan fingerprint density at radius 3 is 2.90 bits per heavy atom. The van der Waals surface area contributed by atoms with Crippen molar-refractivity contribution >= 4 is 0 Å². The van der Waals surface area contributed by atoms with Crippen LogP contribution in [0.5, 0.6) is 0 Å². The zero-order valence-electron chi connectivity index (χ0n) is 13.0. The van der Waals surface area contributed by atoms with Crippen LogP contribution in [0.25, 0.3) is 0 Å². The van der Waals surface area contributed by atoms with Crippen molar-refractivity contribution in [2.24, 2.45) is 23.2 Å². The molecule has 2 fully saturated rings. The number of hydrogen-bond donors (Lipinski definition) is 1. The highest BCUT2D eigenvalue weighted by Crippen LogP contribution is 2.60. The Morgan fingerprint density at radius 2 is 2.05 bits per heavy atom. The van der Waals surface area contributed by atoms with E-state index < -0.39 is 0 Å². The number of aliphatic hydroxyl groups is 1. The smallest absolute Gasteiger partial charge is 0.0577 e. The fourth-order valence-corrected chi connectivity index (χ4v) is 6.05. The fourth-order valence-electron chi connectivity index (χ4n) is 6.05. The van der Waals surface area contributed by atoms with Crippen LogP contribution in [-0.4, -0.2) is 11.2 Å². The van der Waals surface area contributed by atoms with Crippen LogP contribution < -0.4 is 0 Å². The molecular weight excluding hydrogens is 244 g/mol. The van der Waals surface area contributed by atoms with Crippen molar-refractivity contribution in [2.45, 2.75) is 71.3 Å². The van der Waals surface area contributed by atoms with Gasteiger partial charge in [0.2, 0.25) is 0 Å². The zero-order valence-corrected chi connectivity index (χ0v) is 13.0. The van der Waals surface area contributed by atoms with E-state index in [1.165, 1.54) is 38.5 Å². The van der Waals surface area contributed by atoms with Crippen LogP contribution in [0.3, 0.4) is 0 Å². The molecule has 20 heavy (non-hydrogen) atoms. The molecule has 4 aliphatic rings. The van der Waals surface area contributed by atoms with Crippen molar-refractivity contribution in [3.8, 4) is 0 Å². The van der Waals surface area contributed by atoms with Gasteiger partial charge < -0.3 is 5.11 Å². The molecular formula is C19H28O. The van der Waals surface area contributed by atoms with Gasteiger partial charge in [0.15, 0.2) is 0 Å². The standard InChI is InChI=1S/C19H28O/c1-12-3-5-16-15(12)7-8-18-17(16)6-4-13-11-14(20)9-10-19(13,18)2/h4,14,16-18,20H,3,5-11H2,1-2H3/t14-,16+,17-,18-,19-/m0/s1. The predicted octanol–water partition coefficient (Wildman–Crippen LogP) is 4.62. The Morgan fingerprint density at radius 1 is 1.20 bits per heavy atom. The predicted molar refractivity (Wildman–Crippen MR) is 82.3 cm³/mol. The Balaban J connectivity index is 1.69. The number of hydrogen-bond acceptors (Lipinski definition) is 1. The second-order valence-corrected chi connectivity index (χ2v) is 8.04. The quantitative estimate of drug-likeness (QED) is 0.638. The van der Waals surface area contributed by atoms with Gasteiger partial charge in [-0.1, -0.05) is 29.7 Å². The van der Waals surface area contributed by atoms with Gasteiger partial charge in [0.1, 0.15) is 0 Å². The minimum Gasteiger partial charge on any atom is -0.393 e. The third-order valence-corrected chi connectivity index (χ3v) is 7.23. The summed E-state index contributed by atoms with van der Waals surface area (Å²) in [6.07, 6.45) is 12.5. The molecule has 0 heterocycles. The number of aliphatic hydroxyl groups excluding tert-OH is 1. The average molecular weight is 272 g/mol. The first-order valence-corrected chi connectivity index (χ1v) is 8.65. The summed E-state index contributed by atoms with van der Waals surface area (Å²) in [6.45, 7) is 4.89. The maximum atomic E-state index is 10.00. The molecule has 4 rings (SSSR count). The van der Waals surface area contributed by atoms with Gasteiger partial charge in [-0.05, 0) is 81.5 Å².